The number of rotatable bonds is 4. The van der Waals surface area contributed by atoms with Crippen LogP contribution in [0.5, 0.6) is 0 Å². The van der Waals surface area contributed by atoms with E-state index in [-0.39, 0.29) is 5.91 Å². The van der Waals surface area contributed by atoms with Gasteiger partial charge in [-0.2, -0.15) is 0 Å². The summed E-state index contributed by atoms with van der Waals surface area (Å²) in [7, 11) is 1.35. The number of carbonyl (C=O) groups excluding carboxylic acids is 2. The number of pyridine rings is 1. The highest BCUT2D eigenvalue weighted by atomic mass is 16.5. The zero-order valence-electron chi connectivity index (χ0n) is 14.9. The van der Waals surface area contributed by atoms with E-state index in [1.54, 1.807) is 36.5 Å². The Morgan fingerprint density at radius 3 is 2.54 bits per heavy atom. The molecule has 1 saturated heterocycles. The van der Waals surface area contributed by atoms with Crippen molar-refractivity contribution < 1.29 is 14.3 Å². The zero-order chi connectivity index (χ0) is 18.4. The number of amides is 1. The molecule has 1 amide bonds. The van der Waals surface area contributed by atoms with Gasteiger partial charge in [0.05, 0.1) is 18.4 Å². The van der Waals surface area contributed by atoms with Gasteiger partial charge in [0.2, 0.25) is 0 Å². The summed E-state index contributed by atoms with van der Waals surface area (Å²) in [4.78, 5) is 30.9. The Labute approximate surface area is 153 Å². The van der Waals surface area contributed by atoms with Crippen molar-refractivity contribution in [3.8, 4) is 0 Å². The van der Waals surface area contributed by atoms with E-state index in [2.05, 4.69) is 10.3 Å². The van der Waals surface area contributed by atoms with Gasteiger partial charge in [0, 0.05) is 24.8 Å². The number of carbonyl (C=O) groups is 2. The molecule has 6 nitrogen and oxygen atoms in total. The molecule has 0 radical (unpaired) electrons. The Kier molecular flexibility index (Phi) is 5.84. The van der Waals surface area contributed by atoms with Gasteiger partial charge < -0.3 is 15.0 Å². The summed E-state index contributed by atoms with van der Waals surface area (Å²) in [5.74, 6) is 0.116. The molecule has 1 aromatic heterocycles. The van der Waals surface area contributed by atoms with Gasteiger partial charge >= 0.3 is 5.97 Å². The Hall–Kier alpha value is -2.89. The SMILES string of the molecule is COC(=O)c1ccccc1Nc1cc(C(=O)N2CCCCCC2)ccn1. The molecule has 1 fully saturated rings. The predicted octanol–water partition coefficient (Wildman–Crippen LogP) is 3.63. The van der Waals surface area contributed by atoms with E-state index < -0.39 is 5.97 Å². The number of esters is 1. The summed E-state index contributed by atoms with van der Waals surface area (Å²) in [6.45, 7) is 1.60. The molecule has 0 unspecified atom stereocenters. The lowest BCUT2D eigenvalue weighted by atomic mass is 10.1. The van der Waals surface area contributed by atoms with Gasteiger partial charge in [-0.05, 0) is 37.1 Å². The van der Waals surface area contributed by atoms with Gasteiger partial charge in [-0.25, -0.2) is 9.78 Å². The normalized spacial score (nSPS) is 14.4. The van der Waals surface area contributed by atoms with Crippen LogP contribution in [0.1, 0.15) is 46.4 Å². The first kappa shape index (κ1) is 17.9. The third-order valence-corrected chi connectivity index (χ3v) is 4.50. The number of hydrogen-bond donors (Lipinski definition) is 1. The van der Waals surface area contributed by atoms with Gasteiger partial charge in [0.15, 0.2) is 0 Å². The maximum atomic E-state index is 12.8. The second-order valence-corrected chi connectivity index (χ2v) is 6.30. The van der Waals surface area contributed by atoms with Crippen LogP contribution in [0, 0.1) is 0 Å². The van der Waals surface area contributed by atoms with E-state index in [1.165, 1.54) is 20.0 Å². The number of nitrogens with one attached hydrogen (secondary N) is 1. The minimum Gasteiger partial charge on any atom is -0.465 e. The van der Waals surface area contributed by atoms with Gasteiger partial charge in [0.25, 0.3) is 5.91 Å². The van der Waals surface area contributed by atoms with Crippen LogP contribution in [-0.4, -0.2) is 42.0 Å². The molecule has 26 heavy (non-hydrogen) atoms. The lowest BCUT2D eigenvalue weighted by molar-refractivity contribution is 0.0601. The second-order valence-electron chi connectivity index (χ2n) is 6.30. The summed E-state index contributed by atoms with van der Waals surface area (Å²) >= 11 is 0. The molecule has 2 aromatic rings. The fourth-order valence-corrected chi connectivity index (χ4v) is 3.11. The monoisotopic (exact) mass is 353 g/mol. The molecule has 136 valence electrons. The first-order valence-corrected chi connectivity index (χ1v) is 8.89. The standard InChI is InChI=1S/C20H23N3O3/c1-26-20(25)16-8-4-5-9-17(16)22-18-14-15(10-11-21-18)19(24)23-12-6-2-3-7-13-23/h4-5,8-11,14H,2-3,6-7,12-13H2,1H3,(H,21,22). The number of anilines is 2. The first-order valence-electron chi connectivity index (χ1n) is 8.89. The Morgan fingerprint density at radius 1 is 1.08 bits per heavy atom. The highest BCUT2D eigenvalue weighted by Crippen LogP contribution is 2.22. The number of likely N-dealkylation sites (tertiary alicyclic amines) is 1. The molecule has 0 saturated carbocycles. The number of benzene rings is 1. The van der Waals surface area contributed by atoms with Crippen molar-refractivity contribution in [3.63, 3.8) is 0 Å². The van der Waals surface area contributed by atoms with Crippen molar-refractivity contribution in [1.29, 1.82) is 0 Å². The maximum absolute atomic E-state index is 12.8. The summed E-state index contributed by atoms with van der Waals surface area (Å²) in [6.07, 6.45) is 6.06. The summed E-state index contributed by atoms with van der Waals surface area (Å²) in [5, 5.41) is 3.12. The van der Waals surface area contributed by atoms with Crippen LogP contribution < -0.4 is 5.32 Å². The van der Waals surface area contributed by atoms with Crippen molar-refractivity contribution in [2.75, 3.05) is 25.5 Å². The predicted molar refractivity (Wildman–Crippen MR) is 99.7 cm³/mol. The Bertz CT molecular complexity index is 783. The number of methoxy groups -OCH3 is 1. The van der Waals surface area contributed by atoms with Crippen molar-refractivity contribution in [3.05, 3.63) is 53.7 Å². The minimum atomic E-state index is -0.426. The quantitative estimate of drug-likeness (QED) is 0.850. The number of aromatic nitrogens is 1. The number of para-hydroxylation sites is 1. The van der Waals surface area contributed by atoms with Crippen LogP contribution in [0.25, 0.3) is 0 Å². The summed E-state index contributed by atoms with van der Waals surface area (Å²) < 4.78 is 4.81. The first-order chi connectivity index (χ1) is 12.7. The molecular formula is C20H23N3O3. The third-order valence-electron chi connectivity index (χ3n) is 4.50. The molecule has 6 heteroatoms. The molecule has 1 N–H and O–H groups in total. The molecule has 3 rings (SSSR count). The van der Waals surface area contributed by atoms with Crippen molar-refractivity contribution >= 4 is 23.4 Å². The van der Waals surface area contributed by atoms with Crippen molar-refractivity contribution in [2.24, 2.45) is 0 Å². The molecule has 0 spiro atoms. The second kappa shape index (κ2) is 8.47. The third kappa shape index (κ3) is 4.20. The molecule has 0 atom stereocenters. The summed E-state index contributed by atoms with van der Waals surface area (Å²) in [6, 6.07) is 10.5. The van der Waals surface area contributed by atoms with Crippen LogP contribution in [0.4, 0.5) is 11.5 Å². The average molecular weight is 353 g/mol. The number of ether oxygens (including phenoxy) is 1. The number of hydrogen-bond acceptors (Lipinski definition) is 5. The maximum Gasteiger partial charge on any atom is 0.339 e. The fraction of sp³-hybridized carbons (Fsp3) is 0.350. The highest BCUT2D eigenvalue weighted by molar-refractivity contribution is 5.97. The van der Waals surface area contributed by atoms with Crippen molar-refractivity contribution in [2.45, 2.75) is 25.7 Å². The topological polar surface area (TPSA) is 71.5 Å². The Morgan fingerprint density at radius 2 is 1.81 bits per heavy atom. The molecule has 1 aliphatic heterocycles. The molecule has 1 aromatic carbocycles. The lowest BCUT2D eigenvalue weighted by Gasteiger charge is -2.20. The van der Waals surface area contributed by atoms with Crippen LogP contribution in [0.2, 0.25) is 0 Å². The highest BCUT2D eigenvalue weighted by Gasteiger charge is 2.18. The average Bonchev–Trinajstić information content (AvgIpc) is 2.97. The summed E-state index contributed by atoms with van der Waals surface area (Å²) in [5.41, 5.74) is 1.60. The van der Waals surface area contributed by atoms with Crippen LogP contribution >= 0.6 is 0 Å². The van der Waals surface area contributed by atoms with Crippen LogP contribution in [0.15, 0.2) is 42.6 Å². The van der Waals surface area contributed by atoms with Crippen molar-refractivity contribution in [1.82, 2.24) is 9.88 Å². The minimum absolute atomic E-state index is 0.0265. The molecular weight excluding hydrogens is 330 g/mol. The molecule has 1 aliphatic rings. The molecule has 2 heterocycles. The van der Waals surface area contributed by atoms with E-state index in [0.29, 0.717) is 22.6 Å². The number of nitrogens with zero attached hydrogens (tertiary/aromatic N) is 2. The van der Waals surface area contributed by atoms with E-state index in [0.717, 1.165) is 25.9 Å². The van der Waals surface area contributed by atoms with Crippen LogP contribution in [-0.2, 0) is 4.74 Å². The molecule has 0 bridgehead atoms. The van der Waals surface area contributed by atoms with Gasteiger partial charge in [-0.1, -0.05) is 25.0 Å². The fourth-order valence-electron chi connectivity index (χ4n) is 3.11. The van der Waals surface area contributed by atoms with Gasteiger partial charge in [0.1, 0.15) is 5.82 Å². The van der Waals surface area contributed by atoms with E-state index in [4.69, 9.17) is 4.74 Å². The van der Waals surface area contributed by atoms with E-state index in [1.807, 2.05) is 11.0 Å². The molecule has 0 aliphatic carbocycles. The van der Waals surface area contributed by atoms with Gasteiger partial charge in [-0.15, -0.1) is 0 Å². The smallest absolute Gasteiger partial charge is 0.339 e. The lowest BCUT2D eigenvalue weighted by Crippen LogP contribution is -2.31. The Balaban J connectivity index is 1.80. The van der Waals surface area contributed by atoms with Crippen LogP contribution in [0.3, 0.4) is 0 Å². The van der Waals surface area contributed by atoms with E-state index >= 15 is 0 Å². The van der Waals surface area contributed by atoms with E-state index in [9.17, 15) is 9.59 Å². The van der Waals surface area contributed by atoms with Gasteiger partial charge in [-0.3, -0.25) is 4.79 Å². The zero-order valence-corrected chi connectivity index (χ0v) is 14.9. The largest absolute Gasteiger partial charge is 0.465 e.